The summed E-state index contributed by atoms with van der Waals surface area (Å²) in [7, 11) is 1.93. The van der Waals surface area contributed by atoms with Crippen LogP contribution in [0.2, 0.25) is 0 Å². The van der Waals surface area contributed by atoms with Gasteiger partial charge >= 0.3 is 0 Å². The first-order valence-corrected chi connectivity index (χ1v) is 10.6. The molecule has 0 saturated heterocycles. The van der Waals surface area contributed by atoms with Gasteiger partial charge in [0, 0.05) is 5.41 Å². The lowest BCUT2D eigenvalue weighted by atomic mass is 9.93. The van der Waals surface area contributed by atoms with Crippen LogP contribution in [0.3, 0.4) is 0 Å². The van der Waals surface area contributed by atoms with Crippen LogP contribution in [0, 0.1) is 0 Å². The topological polar surface area (TPSA) is 78.5 Å². The molecule has 5 N–H and O–H groups in total. The number of aliphatic hydroxyl groups excluding tert-OH is 2. The minimum absolute atomic E-state index is 0.0962. The van der Waals surface area contributed by atoms with Crippen molar-refractivity contribution in [1.29, 1.82) is 0 Å². The maximum absolute atomic E-state index is 9.23. The second-order valence-corrected chi connectivity index (χ2v) is 9.07. The summed E-state index contributed by atoms with van der Waals surface area (Å²) < 4.78 is 3.55. The standard InChI is InChI=1S/C17H26N2O2S2/c1-2-3-10-23-19-16(11-22-23)15-6-4-14(5-7-15)8-9-17(18,12-20)13-21/h4-7,10-11,19-21H,2-3,8-9,12-13,18H2,1H3. The van der Waals surface area contributed by atoms with Gasteiger partial charge in [0.25, 0.3) is 0 Å². The average molecular weight is 355 g/mol. The molecular weight excluding hydrogens is 328 g/mol. The number of hydrogen-bond donors (Lipinski definition) is 4. The fourth-order valence-electron chi connectivity index (χ4n) is 2.14. The van der Waals surface area contributed by atoms with Crippen LogP contribution in [-0.2, 0) is 6.42 Å². The summed E-state index contributed by atoms with van der Waals surface area (Å²) in [5.74, 6) is 0. The number of unbranched alkanes of at least 4 members (excludes halogenated alkanes) is 1. The maximum Gasteiger partial charge on any atom is 0.0633 e. The van der Waals surface area contributed by atoms with Gasteiger partial charge in [-0.2, -0.15) is 0 Å². The van der Waals surface area contributed by atoms with Gasteiger partial charge in [0.2, 0.25) is 0 Å². The van der Waals surface area contributed by atoms with Crippen molar-refractivity contribution in [3.8, 4) is 0 Å². The monoisotopic (exact) mass is 354 g/mol. The first kappa shape index (κ1) is 18.5. The molecule has 1 aromatic rings. The zero-order valence-electron chi connectivity index (χ0n) is 13.5. The van der Waals surface area contributed by atoms with Crippen molar-refractivity contribution in [1.82, 2.24) is 4.72 Å². The van der Waals surface area contributed by atoms with Crippen molar-refractivity contribution in [3.63, 3.8) is 0 Å². The predicted molar refractivity (Wildman–Crippen MR) is 103 cm³/mol. The number of hydrogen-bond acceptors (Lipinski definition) is 5. The van der Waals surface area contributed by atoms with Gasteiger partial charge in [0.15, 0.2) is 0 Å². The molecule has 1 aromatic carbocycles. The van der Waals surface area contributed by atoms with E-state index in [0.29, 0.717) is 6.42 Å². The van der Waals surface area contributed by atoms with Gasteiger partial charge in [-0.25, -0.2) is 0 Å². The van der Waals surface area contributed by atoms with Crippen LogP contribution >= 0.6 is 20.5 Å². The number of nitrogens with one attached hydrogen (secondary N) is 1. The van der Waals surface area contributed by atoms with E-state index in [1.165, 1.54) is 17.7 Å². The summed E-state index contributed by atoms with van der Waals surface area (Å²) in [4.78, 5) is 0. The van der Waals surface area contributed by atoms with Crippen molar-refractivity contribution in [2.75, 3.05) is 13.2 Å². The second-order valence-electron chi connectivity index (χ2n) is 5.86. The fourth-order valence-corrected chi connectivity index (χ4v) is 5.20. The Morgan fingerprint density at radius 1 is 1.26 bits per heavy atom. The summed E-state index contributed by atoms with van der Waals surface area (Å²) in [5.41, 5.74) is 8.53. The number of aryl methyl sites for hydroxylation is 1. The first-order valence-electron chi connectivity index (χ1n) is 7.90. The van der Waals surface area contributed by atoms with E-state index in [4.69, 9.17) is 5.73 Å². The van der Waals surface area contributed by atoms with Crippen LogP contribution in [-0.4, -0.2) is 34.3 Å². The van der Waals surface area contributed by atoms with Gasteiger partial charge in [0.05, 0.1) is 24.4 Å². The first-order chi connectivity index (χ1) is 11.1. The molecule has 1 unspecified atom stereocenters. The highest BCUT2D eigenvalue weighted by atomic mass is 33.1. The lowest BCUT2D eigenvalue weighted by Gasteiger charge is -2.24. The minimum Gasteiger partial charge on any atom is -0.394 e. The highest BCUT2D eigenvalue weighted by Crippen LogP contribution is 2.39. The predicted octanol–water partition coefficient (Wildman–Crippen LogP) is 2.64. The summed E-state index contributed by atoms with van der Waals surface area (Å²) in [6.45, 7) is 1.79. The van der Waals surface area contributed by atoms with Gasteiger partial charge in [0.1, 0.15) is 0 Å². The third-order valence-electron chi connectivity index (χ3n) is 3.84. The van der Waals surface area contributed by atoms with Gasteiger partial charge in [-0.1, -0.05) is 37.6 Å². The van der Waals surface area contributed by atoms with E-state index < -0.39 is 5.54 Å². The molecule has 0 aliphatic carbocycles. The van der Waals surface area contributed by atoms with Crippen molar-refractivity contribution in [3.05, 3.63) is 40.8 Å². The molecule has 1 atom stereocenters. The smallest absolute Gasteiger partial charge is 0.0633 e. The number of nitrogens with two attached hydrogens (primary N) is 1. The highest BCUT2D eigenvalue weighted by Gasteiger charge is 2.22. The van der Waals surface area contributed by atoms with Crippen LogP contribution in [0.5, 0.6) is 0 Å². The molecule has 1 heterocycles. The zero-order valence-corrected chi connectivity index (χ0v) is 15.1. The van der Waals surface area contributed by atoms with Crippen molar-refractivity contribution < 1.29 is 10.2 Å². The van der Waals surface area contributed by atoms with E-state index in [0.717, 1.165) is 18.4 Å². The molecule has 6 heteroatoms. The molecule has 4 nitrogen and oxygen atoms in total. The molecule has 0 amide bonds. The van der Waals surface area contributed by atoms with Gasteiger partial charge in [-0.3, -0.25) is 0 Å². The molecule has 0 saturated carbocycles. The third-order valence-corrected chi connectivity index (χ3v) is 6.91. The molecule has 0 bridgehead atoms. The van der Waals surface area contributed by atoms with Crippen LogP contribution < -0.4 is 10.5 Å². The number of aliphatic hydroxyl groups is 2. The Hall–Kier alpha value is -0.790. The van der Waals surface area contributed by atoms with E-state index in [1.54, 1.807) is 0 Å². The molecule has 0 radical (unpaired) electrons. The van der Waals surface area contributed by atoms with E-state index in [-0.39, 0.29) is 22.9 Å². The van der Waals surface area contributed by atoms with Crippen molar-refractivity contribution in [2.24, 2.45) is 5.73 Å². The Morgan fingerprint density at radius 3 is 2.57 bits per heavy atom. The number of rotatable bonds is 8. The van der Waals surface area contributed by atoms with Crippen molar-refractivity contribution in [2.45, 2.75) is 38.1 Å². The highest BCUT2D eigenvalue weighted by molar-refractivity contribution is 8.84. The Bertz CT molecular complexity index is 566. The van der Waals surface area contributed by atoms with Gasteiger partial charge < -0.3 is 20.7 Å². The van der Waals surface area contributed by atoms with Gasteiger partial charge in [-0.05, 0) is 56.3 Å². The van der Waals surface area contributed by atoms with Crippen LogP contribution in [0.4, 0.5) is 0 Å². The van der Waals surface area contributed by atoms with E-state index in [2.05, 4.69) is 46.7 Å². The fraction of sp³-hybridized carbons (Fsp3) is 0.471. The molecule has 0 aromatic heterocycles. The zero-order chi connectivity index (χ0) is 16.7. The Balaban J connectivity index is 1.93. The third kappa shape index (κ3) is 5.36. The molecule has 2 rings (SSSR count). The van der Waals surface area contributed by atoms with Crippen molar-refractivity contribution >= 4 is 31.6 Å². The quantitative estimate of drug-likeness (QED) is 0.426. The normalized spacial score (nSPS) is 18.1. The molecule has 0 spiro atoms. The molecule has 23 heavy (non-hydrogen) atoms. The van der Waals surface area contributed by atoms with E-state index in [9.17, 15) is 10.2 Å². The largest absolute Gasteiger partial charge is 0.394 e. The molecule has 1 aliphatic rings. The molecular formula is C17H26N2O2S2. The number of benzene rings is 1. The Morgan fingerprint density at radius 2 is 1.96 bits per heavy atom. The summed E-state index contributed by atoms with van der Waals surface area (Å²) >= 11 is 0. The summed E-state index contributed by atoms with van der Waals surface area (Å²) in [6.07, 6.45) is 3.62. The van der Waals surface area contributed by atoms with Gasteiger partial charge in [-0.15, -0.1) is 0 Å². The molecule has 1 aliphatic heterocycles. The maximum atomic E-state index is 9.23. The average Bonchev–Trinajstić information content (AvgIpc) is 3.07. The SMILES string of the molecule is CCCC=S1NC(c2ccc(CCC(N)(CO)CO)cc2)=CS1. The minimum atomic E-state index is -0.895. The Kier molecular flexibility index (Phi) is 7.17. The van der Waals surface area contributed by atoms with Crippen LogP contribution in [0.1, 0.15) is 37.3 Å². The lowest BCUT2D eigenvalue weighted by molar-refractivity contribution is 0.115. The molecule has 128 valence electrons. The lowest BCUT2D eigenvalue weighted by Crippen LogP contribution is -2.47. The second kappa shape index (κ2) is 8.89. The van der Waals surface area contributed by atoms with E-state index in [1.807, 2.05) is 10.8 Å². The van der Waals surface area contributed by atoms with Crippen LogP contribution in [0.25, 0.3) is 5.70 Å². The summed E-state index contributed by atoms with van der Waals surface area (Å²) in [6, 6.07) is 8.39. The van der Waals surface area contributed by atoms with E-state index >= 15 is 0 Å². The Labute approximate surface area is 144 Å². The summed E-state index contributed by atoms with van der Waals surface area (Å²) in [5, 5.41) is 23.0. The van der Waals surface area contributed by atoms with Crippen LogP contribution in [0.15, 0.2) is 29.7 Å². The molecule has 0 fully saturated rings.